The van der Waals surface area contributed by atoms with Crippen LogP contribution in [-0.4, -0.2) is 28.3 Å². The molecule has 29 heavy (non-hydrogen) atoms. The monoisotopic (exact) mass is 386 g/mol. The van der Waals surface area contributed by atoms with Gasteiger partial charge in [-0.1, -0.05) is 12.1 Å². The fraction of sp³-hybridized carbons (Fsp3) is 0.174. The maximum atomic E-state index is 11.8. The van der Waals surface area contributed by atoms with Gasteiger partial charge in [0.05, 0.1) is 6.04 Å². The van der Waals surface area contributed by atoms with E-state index in [0.717, 1.165) is 35.6 Å². The number of aromatic nitrogens is 2. The lowest BCUT2D eigenvalue weighted by molar-refractivity contribution is -0.117. The molecule has 2 aromatic heterocycles. The quantitative estimate of drug-likeness (QED) is 0.656. The molecule has 0 amide bonds. The Labute approximate surface area is 169 Å². The lowest BCUT2D eigenvalue weighted by Gasteiger charge is -2.22. The van der Waals surface area contributed by atoms with E-state index in [2.05, 4.69) is 20.6 Å². The zero-order chi connectivity index (χ0) is 20.1. The number of pyridine rings is 2. The Morgan fingerprint density at radius 3 is 2.66 bits per heavy atom. The molecule has 1 aliphatic heterocycles. The summed E-state index contributed by atoms with van der Waals surface area (Å²) >= 11 is 0. The van der Waals surface area contributed by atoms with Crippen LogP contribution in [-0.2, 0) is 4.79 Å². The second kappa shape index (κ2) is 8.67. The Hall–Kier alpha value is -3.51. The molecular weight excluding hydrogens is 364 g/mol. The summed E-state index contributed by atoms with van der Waals surface area (Å²) in [4.78, 5) is 20.4. The topological polar surface area (TPSA) is 76.1 Å². The predicted octanol–water partition coefficient (Wildman–Crippen LogP) is 4.35. The summed E-state index contributed by atoms with van der Waals surface area (Å²) in [5.74, 6) is 2.11. The highest BCUT2D eigenvalue weighted by atomic mass is 16.5. The molecule has 0 saturated heterocycles. The van der Waals surface area contributed by atoms with Crippen LogP contribution in [0.3, 0.4) is 0 Å². The first kappa shape index (κ1) is 18.8. The number of ether oxygens (including phenoxy) is 1. The van der Waals surface area contributed by atoms with Crippen LogP contribution in [0.2, 0.25) is 0 Å². The van der Waals surface area contributed by atoms with E-state index in [-0.39, 0.29) is 11.8 Å². The highest BCUT2D eigenvalue weighted by molar-refractivity contribution is 5.87. The van der Waals surface area contributed by atoms with Crippen molar-refractivity contribution in [3.63, 3.8) is 0 Å². The number of anilines is 2. The largest absolute Gasteiger partial charge is 0.438 e. The van der Waals surface area contributed by atoms with Crippen molar-refractivity contribution in [1.29, 1.82) is 0 Å². The maximum Gasteiger partial charge on any atom is 0.226 e. The average molecular weight is 386 g/mol. The second-order valence-electron chi connectivity index (χ2n) is 6.81. The Balaban J connectivity index is 1.52. The molecule has 6 heteroatoms. The molecule has 0 bridgehead atoms. The summed E-state index contributed by atoms with van der Waals surface area (Å²) in [6.07, 6.45) is 6.24. The lowest BCUT2D eigenvalue weighted by Crippen LogP contribution is -2.37. The Morgan fingerprint density at radius 1 is 1.07 bits per heavy atom. The molecule has 3 aromatic rings. The highest BCUT2D eigenvalue weighted by Crippen LogP contribution is 2.32. The molecule has 0 radical (unpaired) electrons. The fourth-order valence-corrected chi connectivity index (χ4v) is 3.21. The van der Waals surface area contributed by atoms with E-state index < -0.39 is 0 Å². The van der Waals surface area contributed by atoms with E-state index in [9.17, 15) is 4.79 Å². The molecule has 146 valence electrons. The molecule has 0 saturated carbocycles. The van der Waals surface area contributed by atoms with Gasteiger partial charge < -0.3 is 15.4 Å². The summed E-state index contributed by atoms with van der Waals surface area (Å²) in [6, 6.07) is 17.0. The van der Waals surface area contributed by atoms with E-state index in [4.69, 9.17) is 4.74 Å². The third-order valence-corrected chi connectivity index (χ3v) is 4.69. The number of hydrogen-bond donors (Lipinski definition) is 2. The van der Waals surface area contributed by atoms with Gasteiger partial charge >= 0.3 is 0 Å². The van der Waals surface area contributed by atoms with Gasteiger partial charge in [0.2, 0.25) is 5.88 Å². The minimum atomic E-state index is -0.260. The smallest absolute Gasteiger partial charge is 0.226 e. The molecule has 1 atom stereocenters. The van der Waals surface area contributed by atoms with Crippen LogP contribution in [0.25, 0.3) is 5.57 Å². The van der Waals surface area contributed by atoms with Crippen LogP contribution >= 0.6 is 0 Å². The SMILES string of the molecule is CC(=O)C1C=C(c2cccnc2Oc2ccc(Nc3ccccn3)cc2)CCN1. The van der Waals surface area contributed by atoms with Crippen molar-refractivity contribution in [2.75, 3.05) is 11.9 Å². The molecular formula is C23H22N4O2. The maximum absolute atomic E-state index is 11.8. The minimum Gasteiger partial charge on any atom is -0.438 e. The van der Waals surface area contributed by atoms with E-state index >= 15 is 0 Å². The van der Waals surface area contributed by atoms with Crippen LogP contribution < -0.4 is 15.4 Å². The molecule has 2 N–H and O–H groups in total. The molecule has 3 heterocycles. The van der Waals surface area contributed by atoms with Gasteiger partial charge in [0.15, 0.2) is 5.78 Å². The summed E-state index contributed by atoms with van der Waals surface area (Å²) in [5.41, 5.74) is 2.90. The predicted molar refractivity (Wildman–Crippen MR) is 113 cm³/mol. The molecule has 0 aliphatic carbocycles. The Morgan fingerprint density at radius 2 is 1.90 bits per heavy atom. The molecule has 1 unspecified atom stereocenters. The van der Waals surface area contributed by atoms with E-state index in [0.29, 0.717) is 11.6 Å². The van der Waals surface area contributed by atoms with Crippen LogP contribution in [0.4, 0.5) is 11.5 Å². The third-order valence-electron chi connectivity index (χ3n) is 4.69. The van der Waals surface area contributed by atoms with Crippen LogP contribution in [0.15, 0.2) is 73.1 Å². The van der Waals surface area contributed by atoms with Crippen LogP contribution in [0, 0.1) is 0 Å². The standard InChI is InChI=1S/C23H22N4O2/c1-16(28)21-15-17(11-14-24-21)20-5-4-13-26-23(20)29-19-9-7-18(8-10-19)27-22-6-2-3-12-25-22/h2-10,12-13,15,21,24H,11,14H2,1H3,(H,25,27). The van der Waals surface area contributed by atoms with Crippen LogP contribution in [0.5, 0.6) is 11.6 Å². The molecule has 4 rings (SSSR count). The third kappa shape index (κ3) is 4.67. The van der Waals surface area contributed by atoms with Gasteiger partial charge in [-0.3, -0.25) is 4.79 Å². The van der Waals surface area contributed by atoms with Gasteiger partial charge in [-0.05, 0) is 67.4 Å². The molecule has 1 aromatic carbocycles. The number of Topliss-reactive ketones (excluding diaryl/α,β-unsaturated/α-hetero) is 1. The van der Waals surface area contributed by atoms with Crippen molar-refractivity contribution in [2.45, 2.75) is 19.4 Å². The second-order valence-corrected chi connectivity index (χ2v) is 6.81. The zero-order valence-electron chi connectivity index (χ0n) is 16.1. The zero-order valence-corrected chi connectivity index (χ0v) is 16.1. The first-order valence-electron chi connectivity index (χ1n) is 9.55. The van der Waals surface area contributed by atoms with Gasteiger partial charge in [-0.15, -0.1) is 0 Å². The number of benzene rings is 1. The van der Waals surface area contributed by atoms with Crippen molar-refractivity contribution >= 4 is 22.9 Å². The first-order valence-corrected chi connectivity index (χ1v) is 9.55. The van der Waals surface area contributed by atoms with Gasteiger partial charge in [-0.25, -0.2) is 9.97 Å². The summed E-state index contributed by atoms with van der Waals surface area (Å²) < 4.78 is 6.06. The number of hydrogen-bond acceptors (Lipinski definition) is 6. The lowest BCUT2D eigenvalue weighted by atomic mass is 9.96. The highest BCUT2D eigenvalue weighted by Gasteiger charge is 2.20. The normalized spacial score (nSPS) is 16.0. The van der Waals surface area contributed by atoms with Crippen molar-refractivity contribution < 1.29 is 9.53 Å². The number of rotatable bonds is 6. The number of carbonyl (C=O) groups excluding carboxylic acids is 1. The number of nitrogens with one attached hydrogen (secondary N) is 2. The number of nitrogens with zero attached hydrogens (tertiary/aromatic N) is 2. The van der Waals surface area contributed by atoms with Gasteiger partial charge in [0.25, 0.3) is 0 Å². The van der Waals surface area contributed by atoms with E-state index in [1.807, 2.05) is 60.7 Å². The first-order chi connectivity index (χ1) is 14.2. The van der Waals surface area contributed by atoms with Crippen molar-refractivity contribution in [2.24, 2.45) is 0 Å². The minimum absolute atomic E-state index is 0.101. The molecule has 0 fully saturated rings. The van der Waals surface area contributed by atoms with Crippen molar-refractivity contribution in [3.05, 3.63) is 78.6 Å². The van der Waals surface area contributed by atoms with E-state index in [1.54, 1.807) is 19.3 Å². The van der Waals surface area contributed by atoms with Crippen molar-refractivity contribution in [3.8, 4) is 11.6 Å². The van der Waals surface area contributed by atoms with Gasteiger partial charge in [0.1, 0.15) is 11.6 Å². The number of carbonyl (C=O) groups is 1. The summed E-state index contributed by atoms with van der Waals surface area (Å²) in [6.45, 7) is 2.34. The average Bonchev–Trinajstić information content (AvgIpc) is 2.76. The van der Waals surface area contributed by atoms with Crippen LogP contribution in [0.1, 0.15) is 18.9 Å². The number of ketones is 1. The Kier molecular flexibility index (Phi) is 5.63. The summed E-state index contributed by atoms with van der Waals surface area (Å²) in [7, 11) is 0. The Bertz CT molecular complexity index is 1020. The van der Waals surface area contributed by atoms with E-state index in [1.165, 1.54) is 0 Å². The molecule has 0 spiro atoms. The van der Waals surface area contributed by atoms with Gasteiger partial charge in [0, 0.05) is 30.2 Å². The van der Waals surface area contributed by atoms with Gasteiger partial charge in [-0.2, -0.15) is 0 Å². The van der Waals surface area contributed by atoms with Crippen molar-refractivity contribution in [1.82, 2.24) is 15.3 Å². The summed E-state index contributed by atoms with van der Waals surface area (Å²) in [5, 5.41) is 6.46. The molecule has 6 nitrogen and oxygen atoms in total. The fourth-order valence-electron chi connectivity index (χ4n) is 3.21. The molecule has 1 aliphatic rings.